The van der Waals surface area contributed by atoms with Crippen molar-refractivity contribution in [2.24, 2.45) is 0 Å². The predicted octanol–water partition coefficient (Wildman–Crippen LogP) is 5.65. The highest BCUT2D eigenvalue weighted by Gasteiger charge is 2.14. The Kier molecular flexibility index (Phi) is 4.99. The van der Waals surface area contributed by atoms with Gasteiger partial charge in [0.15, 0.2) is 17.5 Å². The smallest absolute Gasteiger partial charge is 0.229 e. The van der Waals surface area contributed by atoms with E-state index >= 15 is 0 Å². The summed E-state index contributed by atoms with van der Waals surface area (Å²) < 4.78 is 40.2. The van der Waals surface area contributed by atoms with Crippen LogP contribution >= 0.6 is 11.6 Å². The van der Waals surface area contributed by atoms with Gasteiger partial charge >= 0.3 is 0 Å². The summed E-state index contributed by atoms with van der Waals surface area (Å²) in [5, 5.41) is 6.24. The second-order valence-electron chi connectivity index (χ2n) is 5.65. The van der Waals surface area contributed by atoms with Crippen LogP contribution in [-0.2, 0) is 0 Å². The second-order valence-corrected chi connectivity index (χ2v) is 6.09. The Labute approximate surface area is 153 Å². The highest BCUT2D eigenvalue weighted by atomic mass is 35.5. The van der Waals surface area contributed by atoms with E-state index in [4.69, 9.17) is 11.6 Å². The van der Waals surface area contributed by atoms with Crippen molar-refractivity contribution in [3.63, 3.8) is 0 Å². The van der Waals surface area contributed by atoms with Crippen LogP contribution in [0.3, 0.4) is 0 Å². The molecule has 0 bridgehead atoms. The summed E-state index contributed by atoms with van der Waals surface area (Å²) in [6, 6.07) is 8.96. The normalized spacial score (nSPS) is 10.7. The zero-order chi connectivity index (χ0) is 18.8. The number of nitrogens with zero attached hydrogens (tertiary/aromatic N) is 2. The first-order valence-corrected chi connectivity index (χ1v) is 8.00. The zero-order valence-electron chi connectivity index (χ0n) is 13.9. The van der Waals surface area contributed by atoms with Gasteiger partial charge in [-0.3, -0.25) is 0 Å². The fourth-order valence-corrected chi connectivity index (χ4v) is 2.47. The number of hydrogen-bond donors (Lipinski definition) is 2. The van der Waals surface area contributed by atoms with Crippen molar-refractivity contribution >= 4 is 34.7 Å². The fourth-order valence-electron chi connectivity index (χ4n) is 2.30. The Morgan fingerprint density at radius 3 is 2.38 bits per heavy atom. The number of benzene rings is 2. The van der Waals surface area contributed by atoms with Crippen LogP contribution in [0.2, 0.25) is 5.02 Å². The minimum Gasteiger partial charge on any atom is -0.340 e. The fraction of sp³-hybridized carbons (Fsp3) is 0.111. The maximum absolute atomic E-state index is 13.8. The third-order valence-corrected chi connectivity index (χ3v) is 3.83. The Hall–Kier alpha value is -2.80. The highest BCUT2D eigenvalue weighted by Crippen LogP contribution is 2.26. The third kappa shape index (κ3) is 3.88. The van der Waals surface area contributed by atoms with Gasteiger partial charge in [0, 0.05) is 22.5 Å². The largest absolute Gasteiger partial charge is 0.340 e. The SMILES string of the molecule is Cc1cc(Nc2cc(Cl)ccc2C)nc(Nc2ccc(F)c(F)c2F)n1. The molecule has 8 heteroatoms. The van der Waals surface area contributed by atoms with Crippen molar-refractivity contribution in [2.45, 2.75) is 13.8 Å². The molecule has 2 aromatic carbocycles. The van der Waals surface area contributed by atoms with Gasteiger partial charge in [-0.2, -0.15) is 4.98 Å². The summed E-state index contributed by atoms with van der Waals surface area (Å²) in [6.45, 7) is 3.63. The third-order valence-electron chi connectivity index (χ3n) is 3.60. The van der Waals surface area contributed by atoms with Crippen LogP contribution in [0.5, 0.6) is 0 Å². The summed E-state index contributed by atoms with van der Waals surface area (Å²) in [4.78, 5) is 8.36. The zero-order valence-corrected chi connectivity index (χ0v) is 14.6. The van der Waals surface area contributed by atoms with Crippen molar-refractivity contribution in [3.8, 4) is 0 Å². The number of aryl methyl sites for hydroxylation is 2. The lowest BCUT2D eigenvalue weighted by atomic mass is 10.2. The van der Waals surface area contributed by atoms with Gasteiger partial charge in [0.25, 0.3) is 0 Å². The first-order valence-electron chi connectivity index (χ1n) is 7.63. The number of anilines is 4. The highest BCUT2D eigenvalue weighted by molar-refractivity contribution is 6.30. The number of rotatable bonds is 4. The van der Waals surface area contributed by atoms with Crippen molar-refractivity contribution in [1.29, 1.82) is 0 Å². The van der Waals surface area contributed by atoms with E-state index in [0.717, 1.165) is 23.4 Å². The summed E-state index contributed by atoms with van der Waals surface area (Å²) in [5.41, 5.74) is 2.03. The van der Waals surface area contributed by atoms with Crippen LogP contribution in [0.15, 0.2) is 36.4 Å². The average molecular weight is 379 g/mol. The molecule has 0 amide bonds. The van der Waals surface area contributed by atoms with Crippen LogP contribution in [0.25, 0.3) is 0 Å². The predicted molar refractivity (Wildman–Crippen MR) is 95.8 cm³/mol. The van der Waals surface area contributed by atoms with Gasteiger partial charge in [-0.05, 0) is 43.7 Å². The molecule has 134 valence electrons. The Balaban J connectivity index is 1.91. The molecule has 1 heterocycles. The number of hydrogen-bond acceptors (Lipinski definition) is 4. The van der Waals surface area contributed by atoms with Gasteiger partial charge in [-0.1, -0.05) is 17.7 Å². The molecule has 0 unspecified atom stereocenters. The van der Waals surface area contributed by atoms with Crippen LogP contribution in [0.1, 0.15) is 11.3 Å². The lowest BCUT2D eigenvalue weighted by molar-refractivity contribution is 0.449. The van der Waals surface area contributed by atoms with Crippen LogP contribution in [-0.4, -0.2) is 9.97 Å². The monoisotopic (exact) mass is 378 g/mol. The van der Waals surface area contributed by atoms with Crippen molar-refractivity contribution in [1.82, 2.24) is 9.97 Å². The molecule has 1 aromatic heterocycles. The van der Waals surface area contributed by atoms with Crippen molar-refractivity contribution in [2.75, 3.05) is 10.6 Å². The number of aromatic nitrogens is 2. The molecular weight excluding hydrogens is 365 g/mol. The second kappa shape index (κ2) is 7.21. The molecule has 0 radical (unpaired) electrons. The van der Waals surface area contributed by atoms with Gasteiger partial charge < -0.3 is 10.6 Å². The molecule has 26 heavy (non-hydrogen) atoms. The van der Waals surface area contributed by atoms with Crippen molar-refractivity contribution < 1.29 is 13.2 Å². The van der Waals surface area contributed by atoms with Crippen LogP contribution in [0.4, 0.5) is 36.3 Å². The quantitative estimate of drug-likeness (QED) is 0.576. The maximum atomic E-state index is 13.8. The minimum atomic E-state index is -1.56. The minimum absolute atomic E-state index is 0.0390. The first kappa shape index (κ1) is 18.0. The maximum Gasteiger partial charge on any atom is 0.229 e. The summed E-state index contributed by atoms with van der Waals surface area (Å²) >= 11 is 6.01. The van der Waals surface area contributed by atoms with Crippen molar-refractivity contribution in [3.05, 3.63) is 70.1 Å². The average Bonchev–Trinajstić information content (AvgIpc) is 2.58. The molecule has 0 atom stereocenters. The van der Waals surface area contributed by atoms with Gasteiger partial charge in [0.05, 0.1) is 5.69 Å². The molecule has 0 aliphatic rings. The van der Waals surface area contributed by atoms with E-state index in [1.165, 1.54) is 0 Å². The molecule has 4 nitrogen and oxygen atoms in total. The van der Waals surface area contributed by atoms with E-state index in [0.29, 0.717) is 16.5 Å². The molecule has 0 saturated carbocycles. The molecule has 0 fully saturated rings. The van der Waals surface area contributed by atoms with Gasteiger partial charge in [0.1, 0.15) is 5.82 Å². The molecule has 0 spiro atoms. The lowest BCUT2D eigenvalue weighted by Crippen LogP contribution is -2.05. The van der Waals surface area contributed by atoms with E-state index in [2.05, 4.69) is 20.6 Å². The topological polar surface area (TPSA) is 49.8 Å². The molecule has 0 saturated heterocycles. The summed E-state index contributed by atoms with van der Waals surface area (Å²) in [5.74, 6) is -3.69. The van der Waals surface area contributed by atoms with Crippen LogP contribution in [0, 0.1) is 31.3 Å². The molecule has 2 N–H and O–H groups in total. The molecule has 0 aliphatic carbocycles. The Morgan fingerprint density at radius 2 is 1.62 bits per heavy atom. The van der Waals surface area contributed by atoms with Gasteiger partial charge in [-0.15, -0.1) is 0 Å². The number of halogens is 4. The van der Waals surface area contributed by atoms with Gasteiger partial charge in [0.2, 0.25) is 5.95 Å². The van der Waals surface area contributed by atoms with Crippen LogP contribution < -0.4 is 10.6 Å². The number of nitrogens with one attached hydrogen (secondary N) is 2. The standard InChI is InChI=1S/C18H14ClF3N4/c1-9-3-4-11(19)8-14(9)24-15-7-10(2)23-18(26-15)25-13-6-5-12(20)16(21)17(13)22/h3-8H,1-2H3,(H2,23,24,25,26). The molecule has 3 rings (SSSR count). The molecular formula is C18H14ClF3N4. The van der Waals surface area contributed by atoms with E-state index < -0.39 is 17.5 Å². The Morgan fingerprint density at radius 1 is 0.846 bits per heavy atom. The molecule has 3 aromatic rings. The van der Waals surface area contributed by atoms with E-state index in [9.17, 15) is 13.2 Å². The van der Waals surface area contributed by atoms with Gasteiger partial charge in [-0.25, -0.2) is 18.2 Å². The van der Waals surface area contributed by atoms with E-state index in [-0.39, 0.29) is 11.6 Å². The Bertz CT molecular complexity index is 979. The first-order chi connectivity index (χ1) is 12.3. The molecule has 0 aliphatic heterocycles. The summed E-state index contributed by atoms with van der Waals surface area (Å²) in [7, 11) is 0. The van der Waals surface area contributed by atoms with E-state index in [1.807, 2.05) is 13.0 Å². The summed E-state index contributed by atoms with van der Waals surface area (Å²) in [6.07, 6.45) is 0. The lowest BCUT2D eigenvalue weighted by Gasteiger charge is -2.12. The van der Waals surface area contributed by atoms with E-state index in [1.54, 1.807) is 25.1 Å².